The van der Waals surface area contributed by atoms with Crippen LogP contribution in [0.4, 0.5) is 11.4 Å². The molecule has 1 unspecified atom stereocenters. The number of nitriles is 1. The smallest absolute Gasteiger partial charge is 0.181 e. The summed E-state index contributed by atoms with van der Waals surface area (Å²) >= 11 is 0. The molecule has 0 aromatic heterocycles. The molecule has 1 atom stereocenters. The van der Waals surface area contributed by atoms with Crippen molar-refractivity contribution in [1.82, 2.24) is 5.32 Å². The quantitative estimate of drug-likeness (QED) is 0.346. The Kier molecular flexibility index (Phi) is 5.96. The summed E-state index contributed by atoms with van der Waals surface area (Å²) in [6.07, 6.45) is 7.54. The minimum atomic E-state index is 0.544. The van der Waals surface area contributed by atoms with Gasteiger partial charge in [-0.15, -0.1) is 0 Å². The standard InChI is InChI=1S/C23H24N4/c1-17(26-16-24)7-9-19-10-13-21(14-11-19)27-18(2)8-12-20-15-25-23-6-4-3-5-22(20)23/h3-7,9-11,13-14,20,25-27H,1-2,8,12,15H2/b9-7+. The zero-order valence-corrected chi connectivity index (χ0v) is 15.3. The predicted molar refractivity (Wildman–Crippen MR) is 113 cm³/mol. The molecule has 27 heavy (non-hydrogen) atoms. The monoisotopic (exact) mass is 356 g/mol. The van der Waals surface area contributed by atoms with E-state index >= 15 is 0 Å². The fourth-order valence-electron chi connectivity index (χ4n) is 3.22. The van der Waals surface area contributed by atoms with Crippen LogP contribution in [-0.4, -0.2) is 6.54 Å². The minimum Gasteiger partial charge on any atom is -0.384 e. The number of allylic oxidation sites excluding steroid dienone is 2. The first kappa shape index (κ1) is 18.3. The first-order chi connectivity index (χ1) is 13.2. The molecule has 0 saturated carbocycles. The van der Waals surface area contributed by atoms with E-state index < -0.39 is 0 Å². The summed E-state index contributed by atoms with van der Waals surface area (Å²) in [6.45, 7) is 8.91. The molecule has 4 nitrogen and oxygen atoms in total. The average molecular weight is 356 g/mol. The van der Waals surface area contributed by atoms with Gasteiger partial charge < -0.3 is 10.6 Å². The van der Waals surface area contributed by atoms with Crippen LogP contribution < -0.4 is 16.0 Å². The molecule has 4 heteroatoms. The van der Waals surface area contributed by atoms with E-state index in [2.05, 4.69) is 53.4 Å². The highest BCUT2D eigenvalue weighted by atomic mass is 14.9. The number of hydrogen-bond acceptors (Lipinski definition) is 4. The fourth-order valence-corrected chi connectivity index (χ4v) is 3.22. The lowest BCUT2D eigenvalue weighted by molar-refractivity contribution is 0.674. The summed E-state index contributed by atoms with van der Waals surface area (Å²) in [5.74, 6) is 0.544. The molecule has 3 N–H and O–H groups in total. The lowest BCUT2D eigenvalue weighted by Gasteiger charge is -2.13. The van der Waals surface area contributed by atoms with Crippen LogP contribution >= 0.6 is 0 Å². The maximum Gasteiger partial charge on any atom is 0.181 e. The first-order valence-corrected chi connectivity index (χ1v) is 9.05. The van der Waals surface area contributed by atoms with Crippen LogP contribution in [-0.2, 0) is 0 Å². The molecular weight excluding hydrogens is 332 g/mol. The molecule has 0 spiro atoms. The largest absolute Gasteiger partial charge is 0.384 e. The van der Waals surface area contributed by atoms with Crippen LogP contribution in [0.1, 0.15) is 29.9 Å². The lowest BCUT2D eigenvalue weighted by Crippen LogP contribution is -2.05. The highest BCUT2D eigenvalue weighted by Crippen LogP contribution is 2.34. The second kappa shape index (κ2) is 8.77. The Labute approximate surface area is 160 Å². The Bertz CT molecular complexity index is 887. The molecule has 2 aromatic carbocycles. The lowest BCUT2D eigenvalue weighted by atomic mass is 9.95. The van der Waals surface area contributed by atoms with Gasteiger partial charge in [-0.05, 0) is 48.2 Å². The van der Waals surface area contributed by atoms with Gasteiger partial charge in [0, 0.05) is 35.2 Å². The third-order valence-corrected chi connectivity index (χ3v) is 4.66. The molecule has 3 rings (SSSR count). The van der Waals surface area contributed by atoms with Crippen molar-refractivity contribution in [2.45, 2.75) is 18.8 Å². The molecule has 0 fully saturated rings. The van der Waals surface area contributed by atoms with E-state index in [1.165, 1.54) is 11.3 Å². The van der Waals surface area contributed by atoms with E-state index in [0.717, 1.165) is 36.3 Å². The van der Waals surface area contributed by atoms with Gasteiger partial charge in [-0.3, -0.25) is 5.32 Å². The highest BCUT2D eigenvalue weighted by molar-refractivity contribution is 5.59. The topological polar surface area (TPSA) is 59.9 Å². The van der Waals surface area contributed by atoms with Gasteiger partial charge >= 0.3 is 0 Å². The Morgan fingerprint density at radius 3 is 2.74 bits per heavy atom. The molecule has 0 bridgehead atoms. The minimum absolute atomic E-state index is 0.544. The molecule has 136 valence electrons. The number of anilines is 2. The fraction of sp³-hybridized carbons (Fsp3) is 0.174. The number of rotatable bonds is 8. The van der Waals surface area contributed by atoms with Crippen LogP contribution in [0, 0.1) is 11.5 Å². The van der Waals surface area contributed by atoms with Crippen LogP contribution in [0.25, 0.3) is 6.08 Å². The number of fused-ring (bicyclic) bond motifs is 1. The van der Waals surface area contributed by atoms with Gasteiger partial charge in [0.15, 0.2) is 6.19 Å². The number of nitrogens with one attached hydrogen (secondary N) is 3. The van der Waals surface area contributed by atoms with Crippen molar-refractivity contribution in [1.29, 1.82) is 5.26 Å². The van der Waals surface area contributed by atoms with E-state index in [9.17, 15) is 0 Å². The maximum absolute atomic E-state index is 8.54. The predicted octanol–water partition coefficient (Wildman–Crippen LogP) is 5.20. The van der Waals surface area contributed by atoms with E-state index in [0.29, 0.717) is 11.6 Å². The number of benzene rings is 2. The van der Waals surface area contributed by atoms with Gasteiger partial charge in [-0.2, -0.15) is 5.26 Å². The first-order valence-electron chi connectivity index (χ1n) is 9.05. The van der Waals surface area contributed by atoms with Crippen LogP contribution in [0.5, 0.6) is 0 Å². The Morgan fingerprint density at radius 2 is 1.96 bits per heavy atom. The second-order valence-electron chi connectivity index (χ2n) is 6.65. The SMILES string of the molecule is C=C(/C=C/c1ccc(NC(=C)CCC2CNc3ccccc32)cc1)NC#N. The second-order valence-corrected chi connectivity index (χ2v) is 6.65. The zero-order valence-electron chi connectivity index (χ0n) is 15.3. The normalized spacial score (nSPS) is 14.9. The molecule has 2 aromatic rings. The average Bonchev–Trinajstić information content (AvgIpc) is 3.09. The van der Waals surface area contributed by atoms with Crippen molar-refractivity contribution in [3.8, 4) is 6.19 Å². The summed E-state index contributed by atoms with van der Waals surface area (Å²) in [7, 11) is 0. The molecule has 0 amide bonds. The van der Waals surface area contributed by atoms with E-state index in [-0.39, 0.29) is 0 Å². The molecule has 0 aliphatic carbocycles. The van der Waals surface area contributed by atoms with Crippen molar-refractivity contribution >= 4 is 17.5 Å². The van der Waals surface area contributed by atoms with Crippen molar-refractivity contribution < 1.29 is 0 Å². The van der Waals surface area contributed by atoms with Crippen LogP contribution in [0.3, 0.4) is 0 Å². The maximum atomic E-state index is 8.54. The summed E-state index contributed by atoms with van der Waals surface area (Å²) in [4.78, 5) is 0. The highest BCUT2D eigenvalue weighted by Gasteiger charge is 2.21. The van der Waals surface area contributed by atoms with Crippen molar-refractivity contribution in [2.75, 3.05) is 17.2 Å². The van der Waals surface area contributed by atoms with Crippen molar-refractivity contribution in [3.63, 3.8) is 0 Å². The molecular formula is C23H24N4. The van der Waals surface area contributed by atoms with Gasteiger partial charge in [0.1, 0.15) is 0 Å². The summed E-state index contributed by atoms with van der Waals surface area (Å²) in [5.41, 5.74) is 6.33. The van der Waals surface area contributed by atoms with Gasteiger partial charge in [0.05, 0.1) is 0 Å². The molecule has 1 heterocycles. The summed E-state index contributed by atoms with van der Waals surface area (Å²) in [5, 5.41) is 17.9. The third-order valence-electron chi connectivity index (χ3n) is 4.66. The Balaban J connectivity index is 1.49. The number of hydrogen-bond donors (Lipinski definition) is 3. The van der Waals surface area contributed by atoms with Crippen molar-refractivity contribution in [2.24, 2.45) is 0 Å². The Hall–Kier alpha value is -3.45. The summed E-state index contributed by atoms with van der Waals surface area (Å²) < 4.78 is 0. The van der Waals surface area contributed by atoms with E-state index in [1.54, 1.807) is 6.08 Å². The van der Waals surface area contributed by atoms with Gasteiger partial charge in [0.2, 0.25) is 0 Å². The molecule has 1 aliphatic rings. The van der Waals surface area contributed by atoms with Crippen LogP contribution in [0.15, 0.2) is 79.2 Å². The van der Waals surface area contributed by atoms with Crippen LogP contribution in [0.2, 0.25) is 0 Å². The zero-order chi connectivity index (χ0) is 19.1. The Morgan fingerprint density at radius 1 is 1.19 bits per heavy atom. The van der Waals surface area contributed by atoms with E-state index in [4.69, 9.17) is 5.26 Å². The van der Waals surface area contributed by atoms with Crippen molar-refractivity contribution in [3.05, 3.63) is 90.3 Å². The summed E-state index contributed by atoms with van der Waals surface area (Å²) in [6, 6.07) is 16.6. The number of nitrogens with zero attached hydrogens (tertiary/aromatic N) is 1. The third kappa shape index (κ3) is 5.02. The van der Waals surface area contributed by atoms with Gasteiger partial charge in [0.25, 0.3) is 0 Å². The van der Waals surface area contributed by atoms with Gasteiger partial charge in [-0.25, -0.2) is 0 Å². The van der Waals surface area contributed by atoms with Gasteiger partial charge in [-0.1, -0.05) is 49.6 Å². The van der Waals surface area contributed by atoms with E-state index in [1.807, 2.05) is 36.5 Å². The molecule has 1 aliphatic heterocycles. The molecule has 0 radical (unpaired) electrons. The number of para-hydroxylation sites is 1. The molecule has 0 saturated heterocycles.